The first-order chi connectivity index (χ1) is 10.1. The van der Waals surface area contributed by atoms with Crippen molar-refractivity contribution in [3.8, 4) is 5.75 Å². The highest BCUT2D eigenvalue weighted by Gasteiger charge is 2.05. The van der Waals surface area contributed by atoms with Gasteiger partial charge in [0.05, 0.1) is 5.69 Å². The van der Waals surface area contributed by atoms with Crippen LogP contribution in [0.15, 0.2) is 46.7 Å². The van der Waals surface area contributed by atoms with Gasteiger partial charge in [0.25, 0.3) is 5.56 Å². The smallest absolute Gasteiger partial charge is 0.258 e. The molecule has 3 rings (SSSR count). The summed E-state index contributed by atoms with van der Waals surface area (Å²) in [5.41, 5.74) is 1.85. The molecule has 0 spiro atoms. The van der Waals surface area contributed by atoms with Crippen LogP contribution >= 0.6 is 11.3 Å². The van der Waals surface area contributed by atoms with Crippen molar-refractivity contribution in [1.82, 2.24) is 9.38 Å². The van der Waals surface area contributed by atoms with Gasteiger partial charge in [-0.25, -0.2) is 4.98 Å². The quantitative estimate of drug-likeness (QED) is 0.741. The van der Waals surface area contributed by atoms with Crippen molar-refractivity contribution in [3.05, 3.63) is 63.5 Å². The molecule has 3 aromatic rings. The second-order valence-corrected chi connectivity index (χ2v) is 6.03. The third kappa shape index (κ3) is 2.97. The lowest BCUT2D eigenvalue weighted by molar-refractivity contribution is 0.301. The average Bonchev–Trinajstić information content (AvgIpc) is 2.94. The Morgan fingerprint density at radius 3 is 2.76 bits per heavy atom. The number of benzene rings is 1. The van der Waals surface area contributed by atoms with Gasteiger partial charge in [0.2, 0.25) is 0 Å². The van der Waals surface area contributed by atoms with Crippen molar-refractivity contribution in [2.75, 3.05) is 0 Å². The minimum Gasteiger partial charge on any atom is -0.487 e. The number of fused-ring (bicyclic) bond motifs is 1. The normalized spacial score (nSPS) is 11.2. The molecule has 0 atom stereocenters. The Hall–Kier alpha value is -2.14. The first-order valence-corrected chi connectivity index (χ1v) is 7.70. The maximum Gasteiger partial charge on any atom is 0.258 e. The van der Waals surface area contributed by atoms with Crippen molar-refractivity contribution in [1.29, 1.82) is 0 Å². The summed E-state index contributed by atoms with van der Waals surface area (Å²) in [6, 6.07) is 9.54. The second kappa shape index (κ2) is 5.69. The van der Waals surface area contributed by atoms with E-state index in [4.69, 9.17) is 4.74 Å². The maximum absolute atomic E-state index is 11.9. The van der Waals surface area contributed by atoms with E-state index in [2.05, 4.69) is 31.0 Å². The summed E-state index contributed by atoms with van der Waals surface area (Å²) in [4.78, 5) is 17.0. The van der Waals surface area contributed by atoms with Gasteiger partial charge in [0.15, 0.2) is 4.96 Å². The zero-order valence-corrected chi connectivity index (χ0v) is 12.8. The minimum absolute atomic E-state index is 0.0741. The van der Waals surface area contributed by atoms with Gasteiger partial charge in [-0.15, -0.1) is 11.3 Å². The molecular formula is C16H16N2O2S. The summed E-state index contributed by atoms with van der Waals surface area (Å²) < 4.78 is 7.23. The number of nitrogens with zero attached hydrogens (tertiary/aromatic N) is 2. The van der Waals surface area contributed by atoms with E-state index < -0.39 is 0 Å². The van der Waals surface area contributed by atoms with Crippen LogP contribution in [-0.2, 0) is 6.61 Å². The Labute approximate surface area is 126 Å². The Morgan fingerprint density at radius 2 is 2.05 bits per heavy atom. The van der Waals surface area contributed by atoms with Crippen LogP contribution in [0.1, 0.15) is 31.0 Å². The molecule has 0 N–H and O–H groups in total. The van der Waals surface area contributed by atoms with E-state index >= 15 is 0 Å². The van der Waals surface area contributed by atoms with Gasteiger partial charge in [0.1, 0.15) is 12.4 Å². The topological polar surface area (TPSA) is 43.6 Å². The first-order valence-electron chi connectivity index (χ1n) is 6.82. The van der Waals surface area contributed by atoms with Crippen LogP contribution < -0.4 is 10.3 Å². The third-order valence-electron chi connectivity index (χ3n) is 3.29. The molecule has 0 radical (unpaired) electrons. The van der Waals surface area contributed by atoms with E-state index in [0.29, 0.717) is 23.2 Å². The van der Waals surface area contributed by atoms with E-state index in [1.165, 1.54) is 27.4 Å². The molecule has 0 amide bonds. The lowest BCUT2D eigenvalue weighted by Crippen LogP contribution is -2.14. The number of ether oxygens (including phenoxy) is 1. The Kier molecular flexibility index (Phi) is 3.75. The highest BCUT2D eigenvalue weighted by Crippen LogP contribution is 2.19. The van der Waals surface area contributed by atoms with Crippen LogP contribution in [0.4, 0.5) is 0 Å². The highest BCUT2D eigenvalue weighted by atomic mass is 32.1. The lowest BCUT2D eigenvalue weighted by atomic mass is 10.0. The van der Waals surface area contributed by atoms with Crippen molar-refractivity contribution in [2.45, 2.75) is 26.4 Å². The fourth-order valence-corrected chi connectivity index (χ4v) is 2.81. The SMILES string of the molecule is CC(C)c1ccc(OCc2cc(=O)n3ccsc3n2)cc1. The van der Waals surface area contributed by atoms with E-state index in [1.807, 2.05) is 17.5 Å². The summed E-state index contributed by atoms with van der Waals surface area (Å²) in [6.45, 7) is 4.61. The first kappa shape index (κ1) is 13.8. The van der Waals surface area contributed by atoms with E-state index in [-0.39, 0.29) is 5.56 Å². The van der Waals surface area contributed by atoms with Crippen molar-refractivity contribution in [3.63, 3.8) is 0 Å². The Morgan fingerprint density at radius 1 is 1.29 bits per heavy atom. The van der Waals surface area contributed by atoms with Crippen LogP contribution in [0.5, 0.6) is 5.75 Å². The molecule has 21 heavy (non-hydrogen) atoms. The Balaban J connectivity index is 1.75. The third-order valence-corrected chi connectivity index (χ3v) is 4.05. The number of hydrogen-bond donors (Lipinski definition) is 0. The molecule has 5 heteroatoms. The molecular weight excluding hydrogens is 284 g/mol. The number of rotatable bonds is 4. The van der Waals surface area contributed by atoms with E-state index in [0.717, 1.165) is 5.75 Å². The number of thiazole rings is 1. The van der Waals surface area contributed by atoms with Crippen molar-refractivity contribution in [2.24, 2.45) is 0 Å². The van der Waals surface area contributed by atoms with E-state index in [1.54, 1.807) is 6.20 Å². The standard InChI is InChI=1S/C16H16N2O2S/c1-11(2)12-3-5-14(6-4-12)20-10-13-9-15(19)18-7-8-21-16(18)17-13/h3-9,11H,10H2,1-2H3. The summed E-state index contributed by atoms with van der Waals surface area (Å²) in [5, 5.41) is 1.85. The summed E-state index contributed by atoms with van der Waals surface area (Å²) >= 11 is 1.44. The lowest BCUT2D eigenvalue weighted by Gasteiger charge is -2.08. The van der Waals surface area contributed by atoms with Gasteiger partial charge in [0, 0.05) is 17.6 Å². The zero-order chi connectivity index (χ0) is 14.8. The molecule has 0 fully saturated rings. The van der Waals surface area contributed by atoms with Crippen LogP contribution in [0.25, 0.3) is 4.96 Å². The minimum atomic E-state index is -0.0741. The second-order valence-electron chi connectivity index (χ2n) is 5.15. The van der Waals surface area contributed by atoms with Gasteiger partial charge in [-0.05, 0) is 23.6 Å². The number of hydrogen-bond acceptors (Lipinski definition) is 4. The molecule has 0 aliphatic carbocycles. The molecule has 0 aliphatic rings. The van der Waals surface area contributed by atoms with Crippen molar-refractivity contribution >= 4 is 16.3 Å². The Bertz CT molecular complexity index is 803. The van der Waals surface area contributed by atoms with Gasteiger partial charge in [-0.3, -0.25) is 9.20 Å². The van der Waals surface area contributed by atoms with Crippen LogP contribution in [-0.4, -0.2) is 9.38 Å². The predicted molar refractivity (Wildman–Crippen MR) is 84.2 cm³/mol. The van der Waals surface area contributed by atoms with Gasteiger partial charge in [-0.1, -0.05) is 26.0 Å². The number of aromatic nitrogens is 2. The molecule has 0 bridgehead atoms. The van der Waals surface area contributed by atoms with Gasteiger partial charge >= 0.3 is 0 Å². The molecule has 1 aromatic carbocycles. The molecule has 4 nitrogen and oxygen atoms in total. The van der Waals surface area contributed by atoms with Crippen LogP contribution in [0.3, 0.4) is 0 Å². The average molecular weight is 300 g/mol. The molecule has 0 aliphatic heterocycles. The molecule has 0 saturated carbocycles. The molecule has 0 unspecified atom stereocenters. The van der Waals surface area contributed by atoms with Gasteiger partial charge < -0.3 is 4.74 Å². The van der Waals surface area contributed by atoms with Crippen LogP contribution in [0, 0.1) is 0 Å². The van der Waals surface area contributed by atoms with Crippen molar-refractivity contribution < 1.29 is 4.74 Å². The van der Waals surface area contributed by atoms with E-state index in [9.17, 15) is 4.79 Å². The molecule has 2 aromatic heterocycles. The van der Waals surface area contributed by atoms with Crippen LogP contribution in [0.2, 0.25) is 0 Å². The fourth-order valence-electron chi connectivity index (χ4n) is 2.07. The molecule has 108 valence electrons. The maximum atomic E-state index is 11.9. The monoisotopic (exact) mass is 300 g/mol. The summed E-state index contributed by atoms with van der Waals surface area (Å²) in [7, 11) is 0. The fraction of sp³-hybridized carbons (Fsp3) is 0.250. The summed E-state index contributed by atoms with van der Waals surface area (Å²) in [5.74, 6) is 1.29. The highest BCUT2D eigenvalue weighted by molar-refractivity contribution is 7.15. The summed E-state index contributed by atoms with van der Waals surface area (Å²) in [6.07, 6.45) is 1.73. The molecule has 2 heterocycles. The largest absolute Gasteiger partial charge is 0.487 e. The zero-order valence-electron chi connectivity index (χ0n) is 11.9. The molecule has 0 saturated heterocycles. The predicted octanol–water partition coefficient (Wildman–Crippen LogP) is 3.46. The van der Waals surface area contributed by atoms with Gasteiger partial charge in [-0.2, -0.15) is 0 Å².